The molecule has 0 saturated carbocycles. The fourth-order valence-corrected chi connectivity index (χ4v) is 1.73. The highest BCUT2D eigenvalue weighted by molar-refractivity contribution is 5.93. The Kier molecular flexibility index (Phi) is 3.05. The van der Waals surface area contributed by atoms with Crippen LogP contribution in [0.5, 0.6) is 0 Å². The summed E-state index contributed by atoms with van der Waals surface area (Å²) in [6.45, 7) is 2.64. The van der Waals surface area contributed by atoms with E-state index in [-0.39, 0.29) is 18.1 Å². The minimum absolute atomic E-state index is 0.0602. The molecule has 1 aliphatic rings. The molecule has 1 aliphatic heterocycles. The van der Waals surface area contributed by atoms with Crippen molar-refractivity contribution in [3.63, 3.8) is 0 Å². The molecule has 1 amide bonds. The number of nitrogens with one attached hydrogen (secondary N) is 1. The number of carbonyl (C=O) groups excluding carboxylic acids is 1. The van der Waals surface area contributed by atoms with Crippen molar-refractivity contribution in [1.82, 2.24) is 10.3 Å². The van der Waals surface area contributed by atoms with Crippen molar-refractivity contribution in [2.75, 3.05) is 12.3 Å². The maximum atomic E-state index is 11.8. The maximum Gasteiger partial charge on any atom is 0.270 e. The Labute approximate surface area is 94.0 Å². The lowest BCUT2D eigenvalue weighted by atomic mass is 10.1. The molecule has 0 aromatic carbocycles. The molecule has 2 heterocycles. The number of rotatable bonds is 2. The summed E-state index contributed by atoms with van der Waals surface area (Å²) in [5.74, 6) is -0.199. The molecular weight excluding hydrogens is 206 g/mol. The average molecular weight is 221 g/mol. The number of hydrogen-bond donors (Lipinski definition) is 2. The normalized spacial score (nSPS) is 24.3. The summed E-state index contributed by atoms with van der Waals surface area (Å²) in [5, 5.41) is 2.89. The van der Waals surface area contributed by atoms with E-state index in [1.807, 2.05) is 6.92 Å². The second kappa shape index (κ2) is 4.49. The minimum Gasteiger partial charge on any atom is -0.399 e. The summed E-state index contributed by atoms with van der Waals surface area (Å²) in [4.78, 5) is 15.8. The first-order chi connectivity index (χ1) is 7.66. The zero-order valence-corrected chi connectivity index (χ0v) is 9.14. The first-order valence-electron chi connectivity index (χ1n) is 5.31. The fourth-order valence-electron chi connectivity index (χ4n) is 1.73. The molecule has 0 bridgehead atoms. The third kappa shape index (κ3) is 2.30. The van der Waals surface area contributed by atoms with Gasteiger partial charge in [0.2, 0.25) is 0 Å². The molecule has 0 radical (unpaired) electrons. The molecule has 0 spiro atoms. The number of nitrogen functional groups attached to an aromatic ring is 1. The van der Waals surface area contributed by atoms with Crippen LogP contribution in [-0.4, -0.2) is 29.6 Å². The molecule has 5 nitrogen and oxygen atoms in total. The second-order valence-corrected chi connectivity index (χ2v) is 3.92. The smallest absolute Gasteiger partial charge is 0.270 e. The summed E-state index contributed by atoms with van der Waals surface area (Å²) in [6, 6.07) is 3.28. The lowest BCUT2D eigenvalue weighted by molar-refractivity contribution is 0.0862. The Morgan fingerprint density at radius 2 is 2.50 bits per heavy atom. The second-order valence-electron chi connectivity index (χ2n) is 3.92. The summed E-state index contributed by atoms with van der Waals surface area (Å²) < 4.78 is 5.37. The van der Waals surface area contributed by atoms with Crippen LogP contribution in [0.3, 0.4) is 0 Å². The first kappa shape index (κ1) is 10.9. The van der Waals surface area contributed by atoms with E-state index >= 15 is 0 Å². The van der Waals surface area contributed by atoms with E-state index in [2.05, 4.69) is 10.3 Å². The zero-order valence-electron chi connectivity index (χ0n) is 9.14. The topological polar surface area (TPSA) is 77.2 Å². The average Bonchev–Trinajstić information content (AvgIpc) is 2.64. The first-order valence-corrected chi connectivity index (χ1v) is 5.31. The highest BCUT2D eigenvalue weighted by Gasteiger charge is 2.26. The van der Waals surface area contributed by atoms with Crippen LogP contribution in [0, 0.1) is 0 Å². The van der Waals surface area contributed by atoms with E-state index in [1.54, 1.807) is 12.1 Å². The largest absolute Gasteiger partial charge is 0.399 e. The molecule has 2 atom stereocenters. The molecule has 5 heteroatoms. The summed E-state index contributed by atoms with van der Waals surface area (Å²) in [6.07, 6.45) is 2.43. The summed E-state index contributed by atoms with van der Waals surface area (Å²) in [7, 11) is 0. The van der Waals surface area contributed by atoms with Crippen LogP contribution >= 0.6 is 0 Å². The maximum absolute atomic E-state index is 11.8. The van der Waals surface area contributed by atoms with Crippen LogP contribution in [0.15, 0.2) is 18.3 Å². The molecule has 2 rings (SSSR count). The fraction of sp³-hybridized carbons (Fsp3) is 0.455. The Bertz CT molecular complexity index is 395. The monoisotopic (exact) mass is 221 g/mol. The third-order valence-electron chi connectivity index (χ3n) is 2.71. The van der Waals surface area contributed by atoms with Gasteiger partial charge in [-0.25, -0.2) is 0 Å². The number of ether oxygens (including phenoxy) is 1. The van der Waals surface area contributed by atoms with E-state index in [0.717, 1.165) is 6.42 Å². The number of hydrogen-bond acceptors (Lipinski definition) is 4. The van der Waals surface area contributed by atoms with Crippen LogP contribution in [0.4, 0.5) is 5.69 Å². The van der Waals surface area contributed by atoms with Gasteiger partial charge in [0.25, 0.3) is 5.91 Å². The van der Waals surface area contributed by atoms with Gasteiger partial charge < -0.3 is 15.8 Å². The van der Waals surface area contributed by atoms with Crippen molar-refractivity contribution >= 4 is 11.6 Å². The quantitative estimate of drug-likeness (QED) is 0.765. The Hall–Kier alpha value is -1.62. The lowest BCUT2D eigenvalue weighted by Gasteiger charge is -2.15. The van der Waals surface area contributed by atoms with Crippen molar-refractivity contribution in [1.29, 1.82) is 0 Å². The van der Waals surface area contributed by atoms with Gasteiger partial charge in [-0.2, -0.15) is 0 Å². The van der Waals surface area contributed by atoms with Gasteiger partial charge in [0, 0.05) is 18.5 Å². The van der Waals surface area contributed by atoms with Gasteiger partial charge >= 0.3 is 0 Å². The third-order valence-corrected chi connectivity index (χ3v) is 2.71. The van der Waals surface area contributed by atoms with Crippen molar-refractivity contribution in [3.05, 3.63) is 24.0 Å². The van der Waals surface area contributed by atoms with Gasteiger partial charge in [0.15, 0.2) is 0 Å². The van der Waals surface area contributed by atoms with E-state index in [4.69, 9.17) is 10.5 Å². The van der Waals surface area contributed by atoms with Gasteiger partial charge in [0.05, 0.1) is 12.1 Å². The molecule has 1 aromatic heterocycles. The molecule has 86 valence electrons. The van der Waals surface area contributed by atoms with Crippen LogP contribution in [0.1, 0.15) is 23.8 Å². The number of nitrogens with zero attached hydrogens (tertiary/aromatic N) is 1. The predicted octanol–water partition coefficient (Wildman–Crippen LogP) is 0.571. The molecule has 3 N–H and O–H groups in total. The van der Waals surface area contributed by atoms with Crippen LogP contribution in [0.25, 0.3) is 0 Å². The SMILES string of the molecule is CC1OCCC1NC(=O)c1cc(N)ccn1. The van der Waals surface area contributed by atoms with Crippen LogP contribution < -0.4 is 11.1 Å². The number of nitrogens with two attached hydrogens (primary N) is 1. The molecule has 1 fully saturated rings. The summed E-state index contributed by atoms with van der Waals surface area (Å²) >= 11 is 0. The number of anilines is 1. The summed E-state index contributed by atoms with van der Waals surface area (Å²) in [5.41, 5.74) is 6.47. The molecular formula is C11H15N3O2. The Balaban J connectivity index is 2.03. The van der Waals surface area contributed by atoms with Crippen molar-refractivity contribution in [2.24, 2.45) is 0 Å². The van der Waals surface area contributed by atoms with E-state index < -0.39 is 0 Å². The van der Waals surface area contributed by atoms with Gasteiger partial charge in [-0.3, -0.25) is 9.78 Å². The number of aromatic nitrogens is 1. The Morgan fingerprint density at radius 3 is 3.12 bits per heavy atom. The zero-order chi connectivity index (χ0) is 11.5. The highest BCUT2D eigenvalue weighted by atomic mass is 16.5. The molecule has 16 heavy (non-hydrogen) atoms. The standard InChI is InChI=1S/C11H15N3O2/c1-7-9(3-5-16-7)14-11(15)10-6-8(12)2-4-13-10/h2,4,6-7,9H,3,5H2,1H3,(H2,12,13)(H,14,15). The number of carbonyl (C=O) groups is 1. The van der Waals surface area contributed by atoms with E-state index in [1.165, 1.54) is 6.20 Å². The minimum atomic E-state index is -0.199. The highest BCUT2D eigenvalue weighted by Crippen LogP contribution is 2.13. The number of pyridine rings is 1. The molecule has 0 aliphatic carbocycles. The van der Waals surface area contributed by atoms with Gasteiger partial charge in [-0.05, 0) is 25.5 Å². The molecule has 2 unspecified atom stereocenters. The van der Waals surface area contributed by atoms with Crippen molar-refractivity contribution < 1.29 is 9.53 Å². The Morgan fingerprint density at radius 1 is 1.69 bits per heavy atom. The van der Waals surface area contributed by atoms with Crippen molar-refractivity contribution in [3.8, 4) is 0 Å². The van der Waals surface area contributed by atoms with Gasteiger partial charge in [0.1, 0.15) is 5.69 Å². The van der Waals surface area contributed by atoms with Crippen molar-refractivity contribution in [2.45, 2.75) is 25.5 Å². The lowest BCUT2D eigenvalue weighted by Crippen LogP contribution is -2.39. The van der Waals surface area contributed by atoms with E-state index in [0.29, 0.717) is 18.0 Å². The van der Waals surface area contributed by atoms with Gasteiger partial charge in [-0.1, -0.05) is 0 Å². The number of amides is 1. The van der Waals surface area contributed by atoms with Crippen LogP contribution in [0.2, 0.25) is 0 Å². The van der Waals surface area contributed by atoms with Crippen LogP contribution in [-0.2, 0) is 4.74 Å². The van der Waals surface area contributed by atoms with Gasteiger partial charge in [-0.15, -0.1) is 0 Å². The predicted molar refractivity (Wildman–Crippen MR) is 59.9 cm³/mol. The van der Waals surface area contributed by atoms with E-state index in [9.17, 15) is 4.79 Å². The molecule has 1 saturated heterocycles. The molecule has 1 aromatic rings.